The van der Waals surface area contributed by atoms with E-state index < -0.39 is 0 Å². The van der Waals surface area contributed by atoms with Crippen molar-refractivity contribution in [2.45, 2.75) is 32.7 Å². The minimum Gasteiger partial charge on any atom is -0.321 e. The van der Waals surface area contributed by atoms with Crippen LogP contribution in [0, 0.1) is 0 Å². The lowest BCUT2D eigenvalue weighted by atomic mass is 10.1. The largest absolute Gasteiger partial charge is 0.346 e. The van der Waals surface area contributed by atoms with Gasteiger partial charge in [0.05, 0.1) is 12.4 Å². The molecule has 1 aliphatic heterocycles. The van der Waals surface area contributed by atoms with Crippen molar-refractivity contribution in [2.75, 3.05) is 26.2 Å². The maximum absolute atomic E-state index is 12.1. The van der Waals surface area contributed by atoms with Crippen molar-refractivity contribution in [1.82, 2.24) is 24.8 Å². The Morgan fingerprint density at radius 2 is 1.94 bits per heavy atom. The molecule has 1 saturated heterocycles. The summed E-state index contributed by atoms with van der Waals surface area (Å²) >= 11 is 0. The van der Waals surface area contributed by atoms with Gasteiger partial charge in [-0.2, -0.15) is 4.68 Å². The Kier molecular flexibility index (Phi) is 3.65. The van der Waals surface area contributed by atoms with Gasteiger partial charge in [-0.15, -0.1) is 5.10 Å². The second-order valence-corrected chi connectivity index (χ2v) is 5.63. The first-order valence-electron chi connectivity index (χ1n) is 6.39. The number of carbonyl (C=O) groups excluding carboxylic acids is 1. The Hall–Kier alpha value is -1.43. The Bertz CT molecular complexity index is 395. The zero-order chi connectivity index (χ0) is 13.2. The molecule has 6 heteroatoms. The van der Waals surface area contributed by atoms with Crippen molar-refractivity contribution >= 4 is 6.03 Å². The highest BCUT2D eigenvalue weighted by atomic mass is 16.2. The van der Waals surface area contributed by atoms with E-state index in [4.69, 9.17) is 0 Å². The third kappa shape index (κ3) is 2.87. The Morgan fingerprint density at radius 3 is 2.56 bits per heavy atom. The van der Waals surface area contributed by atoms with Gasteiger partial charge in [0.15, 0.2) is 0 Å². The van der Waals surface area contributed by atoms with E-state index in [1.165, 1.54) is 10.9 Å². The van der Waals surface area contributed by atoms with Gasteiger partial charge < -0.3 is 4.90 Å². The van der Waals surface area contributed by atoms with Gasteiger partial charge in [-0.3, -0.25) is 4.90 Å². The van der Waals surface area contributed by atoms with Crippen molar-refractivity contribution in [2.24, 2.45) is 0 Å². The van der Waals surface area contributed by atoms with Crippen LogP contribution in [0.4, 0.5) is 4.79 Å². The van der Waals surface area contributed by atoms with Crippen molar-refractivity contribution in [3.05, 3.63) is 12.4 Å². The van der Waals surface area contributed by atoms with Crippen molar-refractivity contribution in [3.8, 4) is 0 Å². The first kappa shape index (κ1) is 13.0. The zero-order valence-corrected chi connectivity index (χ0v) is 11.3. The first-order chi connectivity index (χ1) is 8.48. The molecule has 1 aromatic rings. The van der Waals surface area contributed by atoms with Gasteiger partial charge in [0.2, 0.25) is 0 Å². The van der Waals surface area contributed by atoms with Gasteiger partial charge >= 0.3 is 6.03 Å². The van der Waals surface area contributed by atoms with Gasteiger partial charge in [-0.05, 0) is 27.2 Å². The lowest BCUT2D eigenvalue weighted by Gasteiger charge is -2.34. The molecule has 0 radical (unpaired) electrons. The molecule has 1 fully saturated rings. The summed E-state index contributed by atoms with van der Waals surface area (Å²) in [5.41, 5.74) is 0.159. The molecule has 1 aromatic heterocycles. The Balaban J connectivity index is 1.99. The zero-order valence-electron chi connectivity index (χ0n) is 11.3. The van der Waals surface area contributed by atoms with Gasteiger partial charge in [-0.1, -0.05) is 5.21 Å². The highest BCUT2D eigenvalue weighted by Crippen LogP contribution is 2.16. The Labute approximate surface area is 108 Å². The van der Waals surface area contributed by atoms with E-state index >= 15 is 0 Å². The molecule has 100 valence electrons. The summed E-state index contributed by atoms with van der Waals surface area (Å²) in [6.45, 7) is 10.1. The summed E-state index contributed by atoms with van der Waals surface area (Å²) in [4.78, 5) is 16.4. The topological polar surface area (TPSA) is 54.3 Å². The van der Waals surface area contributed by atoms with Crippen molar-refractivity contribution in [1.29, 1.82) is 0 Å². The van der Waals surface area contributed by atoms with Crippen LogP contribution in [0.1, 0.15) is 27.2 Å². The molecule has 0 N–H and O–H groups in total. The highest BCUT2D eigenvalue weighted by molar-refractivity contribution is 5.75. The fraction of sp³-hybridized carbons (Fsp3) is 0.750. The summed E-state index contributed by atoms with van der Waals surface area (Å²) in [6, 6.07) is -0.0803. The van der Waals surface area contributed by atoms with E-state index in [1.807, 2.05) is 4.90 Å². The minimum absolute atomic E-state index is 0.0803. The van der Waals surface area contributed by atoms with Gasteiger partial charge in [0, 0.05) is 31.7 Å². The lowest BCUT2D eigenvalue weighted by molar-refractivity contribution is 0.141. The summed E-state index contributed by atoms with van der Waals surface area (Å²) in [6.07, 6.45) is 4.11. The van der Waals surface area contributed by atoms with E-state index in [0.717, 1.165) is 32.6 Å². The van der Waals surface area contributed by atoms with Gasteiger partial charge in [0.1, 0.15) is 0 Å². The van der Waals surface area contributed by atoms with Crippen LogP contribution >= 0.6 is 0 Å². The smallest absolute Gasteiger partial charge is 0.321 e. The van der Waals surface area contributed by atoms with Crippen LogP contribution in [-0.2, 0) is 0 Å². The van der Waals surface area contributed by atoms with E-state index in [9.17, 15) is 4.79 Å². The summed E-state index contributed by atoms with van der Waals surface area (Å²) in [7, 11) is 0. The molecule has 1 amide bonds. The first-order valence-corrected chi connectivity index (χ1v) is 6.39. The molecule has 2 heterocycles. The molecule has 0 atom stereocenters. The monoisotopic (exact) mass is 251 g/mol. The van der Waals surface area contributed by atoms with Crippen molar-refractivity contribution < 1.29 is 4.79 Å². The second kappa shape index (κ2) is 5.06. The average Bonchev–Trinajstić information content (AvgIpc) is 2.70. The third-order valence-corrected chi connectivity index (χ3v) is 3.33. The number of nitrogens with zero attached hydrogens (tertiary/aromatic N) is 5. The predicted octanol–water partition coefficient (Wildman–Crippen LogP) is 1.05. The van der Waals surface area contributed by atoms with Crippen LogP contribution in [0.25, 0.3) is 0 Å². The number of carbonyl (C=O) groups is 1. The van der Waals surface area contributed by atoms with Gasteiger partial charge in [0.25, 0.3) is 0 Å². The highest BCUT2D eigenvalue weighted by Gasteiger charge is 2.26. The Morgan fingerprint density at radius 1 is 1.17 bits per heavy atom. The molecule has 1 aliphatic rings. The molecule has 6 nitrogen and oxygen atoms in total. The van der Waals surface area contributed by atoms with Crippen LogP contribution < -0.4 is 0 Å². The third-order valence-electron chi connectivity index (χ3n) is 3.33. The fourth-order valence-electron chi connectivity index (χ4n) is 2.23. The molecule has 2 rings (SSSR count). The normalized spacial score (nSPS) is 18.7. The predicted molar refractivity (Wildman–Crippen MR) is 68.3 cm³/mol. The fourth-order valence-corrected chi connectivity index (χ4v) is 2.23. The summed E-state index contributed by atoms with van der Waals surface area (Å²) in [5, 5.41) is 7.42. The minimum atomic E-state index is -0.0803. The van der Waals surface area contributed by atoms with Crippen LogP contribution in [0.3, 0.4) is 0 Å². The molecule has 0 bridgehead atoms. The number of hydrogen-bond acceptors (Lipinski definition) is 4. The van der Waals surface area contributed by atoms with E-state index in [-0.39, 0.29) is 11.6 Å². The molecule has 0 aliphatic carbocycles. The molecule has 0 unspecified atom stereocenters. The molecular weight excluding hydrogens is 230 g/mol. The van der Waals surface area contributed by atoms with Gasteiger partial charge in [-0.25, -0.2) is 4.79 Å². The van der Waals surface area contributed by atoms with Crippen molar-refractivity contribution in [3.63, 3.8) is 0 Å². The van der Waals surface area contributed by atoms with E-state index in [1.54, 1.807) is 6.20 Å². The molecular formula is C12H21N5O. The maximum atomic E-state index is 12.1. The number of aromatic nitrogens is 3. The average molecular weight is 251 g/mol. The molecule has 0 aromatic carbocycles. The van der Waals surface area contributed by atoms with Crippen LogP contribution in [0.5, 0.6) is 0 Å². The van der Waals surface area contributed by atoms with E-state index in [2.05, 4.69) is 36.0 Å². The summed E-state index contributed by atoms with van der Waals surface area (Å²) in [5.74, 6) is 0. The number of hydrogen-bond donors (Lipinski definition) is 0. The quantitative estimate of drug-likeness (QED) is 0.691. The second-order valence-electron chi connectivity index (χ2n) is 5.63. The number of amides is 1. The maximum Gasteiger partial charge on any atom is 0.346 e. The summed E-state index contributed by atoms with van der Waals surface area (Å²) < 4.78 is 1.30. The number of rotatable bonds is 0. The standard InChI is InChI=1S/C12H21N5O/c1-12(2,3)16-7-4-6-15(9-10-16)11(18)17-8-5-13-14-17/h5,8H,4,6-7,9-10H2,1-3H3. The SMILES string of the molecule is CC(C)(C)N1CCCN(C(=O)n2ccnn2)CC1. The molecule has 0 saturated carbocycles. The molecule has 18 heavy (non-hydrogen) atoms. The molecule has 0 spiro atoms. The van der Waals surface area contributed by atoms with E-state index in [0.29, 0.717) is 0 Å². The van der Waals surface area contributed by atoms with Crippen LogP contribution in [-0.4, -0.2) is 62.5 Å². The van der Waals surface area contributed by atoms with Crippen LogP contribution in [0.15, 0.2) is 12.4 Å². The lowest BCUT2D eigenvalue weighted by Crippen LogP contribution is -2.44. The van der Waals surface area contributed by atoms with Crippen LogP contribution in [0.2, 0.25) is 0 Å².